The van der Waals surface area contributed by atoms with Crippen LogP contribution in [0.4, 0.5) is 0 Å². The first-order valence-electron chi connectivity index (χ1n) is 6.76. The van der Waals surface area contributed by atoms with E-state index in [9.17, 15) is 0 Å². The minimum atomic E-state index is 0.208. The summed E-state index contributed by atoms with van der Waals surface area (Å²) in [6.45, 7) is 3.56. The summed E-state index contributed by atoms with van der Waals surface area (Å²) in [4.78, 5) is 0. The van der Waals surface area contributed by atoms with Gasteiger partial charge in [-0.1, -0.05) is 54.1 Å². The molecule has 1 atom stereocenters. The van der Waals surface area contributed by atoms with Crippen LogP contribution in [0, 0.1) is 0 Å². The van der Waals surface area contributed by atoms with Gasteiger partial charge in [-0.15, -0.1) is 0 Å². The van der Waals surface area contributed by atoms with E-state index in [0.717, 1.165) is 17.1 Å². The number of halogens is 1. The van der Waals surface area contributed by atoms with Crippen molar-refractivity contribution in [1.29, 1.82) is 0 Å². The molecule has 1 N–H and O–H groups in total. The maximum atomic E-state index is 6.22. The SMILES string of the molecule is COCc1ccccc1CN[C@@H](C)c1ccccc1Cl. The van der Waals surface area contributed by atoms with Gasteiger partial charge in [-0.2, -0.15) is 0 Å². The predicted octanol–water partition coefficient (Wildman–Crippen LogP) is 4.34. The second kappa shape index (κ2) is 7.44. The molecular weight excluding hydrogens is 270 g/mol. The molecule has 0 unspecified atom stereocenters. The minimum Gasteiger partial charge on any atom is -0.380 e. The molecule has 20 heavy (non-hydrogen) atoms. The minimum absolute atomic E-state index is 0.208. The molecular formula is C17H20ClNO. The number of nitrogens with one attached hydrogen (secondary N) is 1. The molecule has 0 fully saturated rings. The number of ether oxygens (including phenoxy) is 1. The lowest BCUT2D eigenvalue weighted by Gasteiger charge is -2.17. The van der Waals surface area contributed by atoms with Crippen LogP contribution in [-0.4, -0.2) is 7.11 Å². The third-order valence-corrected chi connectivity index (χ3v) is 3.73. The molecule has 2 aromatic carbocycles. The van der Waals surface area contributed by atoms with Crippen molar-refractivity contribution in [3.8, 4) is 0 Å². The average molecular weight is 290 g/mol. The number of hydrogen-bond donors (Lipinski definition) is 1. The van der Waals surface area contributed by atoms with E-state index in [1.54, 1.807) is 7.11 Å². The van der Waals surface area contributed by atoms with E-state index >= 15 is 0 Å². The maximum absolute atomic E-state index is 6.22. The zero-order valence-electron chi connectivity index (χ0n) is 11.9. The lowest BCUT2D eigenvalue weighted by Crippen LogP contribution is -2.19. The standard InChI is InChI=1S/C17H20ClNO/c1-13(16-9-5-6-10-17(16)18)19-11-14-7-3-4-8-15(14)12-20-2/h3-10,13,19H,11-12H2,1-2H3/t13-/m0/s1. The molecule has 0 aliphatic carbocycles. The van der Waals surface area contributed by atoms with Crippen LogP contribution in [0.5, 0.6) is 0 Å². The quantitative estimate of drug-likeness (QED) is 0.854. The van der Waals surface area contributed by atoms with E-state index in [0.29, 0.717) is 6.61 Å². The third-order valence-electron chi connectivity index (χ3n) is 3.39. The van der Waals surface area contributed by atoms with Crippen molar-refractivity contribution >= 4 is 11.6 Å². The van der Waals surface area contributed by atoms with Crippen molar-refractivity contribution in [2.45, 2.75) is 26.1 Å². The van der Waals surface area contributed by atoms with Gasteiger partial charge in [0.05, 0.1) is 6.61 Å². The van der Waals surface area contributed by atoms with E-state index in [1.807, 2.05) is 24.3 Å². The highest BCUT2D eigenvalue weighted by molar-refractivity contribution is 6.31. The molecule has 0 bridgehead atoms. The van der Waals surface area contributed by atoms with Crippen molar-refractivity contribution < 1.29 is 4.74 Å². The van der Waals surface area contributed by atoms with Gasteiger partial charge in [-0.25, -0.2) is 0 Å². The first kappa shape index (κ1) is 15.0. The van der Waals surface area contributed by atoms with Crippen molar-refractivity contribution in [3.63, 3.8) is 0 Å². The summed E-state index contributed by atoms with van der Waals surface area (Å²) in [6, 6.07) is 16.5. The first-order chi connectivity index (χ1) is 9.72. The average Bonchev–Trinajstić information content (AvgIpc) is 2.47. The van der Waals surface area contributed by atoms with Crippen LogP contribution in [0.2, 0.25) is 5.02 Å². The Balaban J connectivity index is 2.04. The van der Waals surface area contributed by atoms with Gasteiger partial charge in [0.15, 0.2) is 0 Å². The van der Waals surface area contributed by atoms with E-state index in [2.05, 4.69) is 36.5 Å². The van der Waals surface area contributed by atoms with Gasteiger partial charge in [0.25, 0.3) is 0 Å². The normalized spacial score (nSPS) is 12.3. The number of benzene rings is 2. The lowest BCUT2D eigenvalue weighted by molar-refractivity contribution is 0.184. The Morgan fingerprint density at radius 2 is 1.70 bits per heavy atom. The second-order valence-corrected chi connectivity index (χ2v) is 5.23. The summed E-state index contributed by atoms with van der Waals surface area (Å²) in [5, 5.41) is 4.32. The Morgan fingerprint density at radius 3 is 2.40 bits per heavy atom. The van der Waals surface area contributed by atoms with Gasteiger partial charge in [0, 0.05) is 24.7 Å². The molecule has 2 rings (SSSR count). The molecule has 0 saturated carbocycles. The summed E-state index contributed by atoms with van der Waals surface area (Å²) in [6.07, 6.45) is 0. The zero-order valence-corrected chi connectivity index (χ0v) is 12.7. The Hall–Kier alpha value is -1.35. The highest BCUT2D eigenvalue weighted by atomic mass is 35.5. The molecule has 106 valence electrons. The van der Waals surface area contributed by atoms with Gasteiger partial charge in [-0.3, -0.25) is 0 Å². The third kappa shape index (κ3) is 3.83. The summed E-state index contributed by atoms with van der Waals surface area (Å²) >= 11 is 6.22. The summed E-state index contributed by atoms with van der Waals surface area (Å²) < 4.78 is 5.23. The molecule has 2 aromatic rings. The zero-order chi connectivity index (χ0) is 14.4. The Kier molecular flexibility index (Phi) is 5.60. The summed E-state index contributed by atoms with van der Waals surface area (Å²) in [7, 11) is 1.72. The smallest absolute Gasteiger partial charge is 0.0716 e. The van der Waals surface area contributed by atoms with Crippen LogP contribution in [0.3, 0.4) is 0 Å². The van der Waals surface area contributed by atoms with E-state index < -0.39 is 0 Å². The monoisotopic (exact) mass is 289 g/mol. The van der Waals surface area contributed by atoms with Crippen LogP contribution in [0.25, 0.3) is 0 Å². The van der Waals surface area contributed by atoms with Crippen molar-refractivity contribution in [1.82, 2.24) is 5.32 Å². The first-order valence-corrected chi connectivity index (χ1v) is 7.13. The number of methoxy groups -OCH3 is 1. The predicted molar refractivity (Wildman–Crippen MR) is 83.9 cm³/mol. The summed E-state index contributed by atoms with van der Waals surface area (Å²) in [5.74, 6) is 0. The molecule has 0 aliphatic rings. The van der Waals surface area contributed by atoms with E-state index in [-0.39, 0.29) is 6.04 Å². The van der Waals surface area contributed by atoms with E-state index in [1.165, 1.54) is 11.1 Å². The molecule has 0 radical (unpaired) electrons. The van der Waals surface area contributed by atoms with Gasteiger partial charge < -0.3 is 10.1 Å². The molecule has 3 heteroatoms. The molecule has 0 heterocycles. The maximum Gasteiger partial charge on any atom is 0.0716 e. The molecule has 0 aromatic heterocycles. The molecule has 0 saturated heterocycles. The summed E-state index contributed by atoms with van der Waals surface area (Å²) in [5.41, 5.74) is 3.60. The fourth-order valence-electron chi connectivity index (χ4n) is 2.23. The van der Waals surface area contributed by atoms with Crippen LogP contribution in [0.15, 0.2) is 48.5 Å². The van der Waals surface area contributed by atoms with Gasteiger partial charge in [0.2, 0.25) is 0 Å². The molecule has 2 nitrogen and oxygen atoms in total. The highest BCUT2D eigenvalue weighted by Crippen LogP contribution is 2.22. The number of hydrogen-bond acceptors (Lipinski definition) is 2. The Labute approximate surface area is 125 Å². The van der Waals surface area contributed by atoms with Gasteiger partial charge in [-0.05, 0) is 29.7 Å². The van der Waals surface area contributed by atoms with Crippen LogP contribution < -0.4 is 5.32 Å². The molecule has 0 amide bonds. The molecule has 0 aliphatic heterocycles. The highest BCUT2D eigenvalue weighted by Gasteiger charge is 2.09. The van der Waals surface area contributed by atoms with Gasteiger partial charge >= 0.3 is 0 Å². The Morgan fingerprint density at radius 1 is 1.05 bits per heavy atom. The molecule has 0 spiro atoms. The van der Waals surface area contributed by atoms with Crippen LogP contribution in [0.1, 0.15) is 29.7 Å². The van der Waals surface area contributed by atoms with Crippen LogP contribution >= 0.6 is 11.6 Å². The number of rotatable bonds is 6. The van der Waals surface area contributed by atoms with Crippen molar-refractivity contribution in [2.75, 3.05) is 7.11 Å². The fraction of sp³-hybridized carbons (Fsp3) is 0.294. The van der Waals surface area contributed by atoms with Crippen molar-refractivity contribution in [3.05, 3.63) is 70.2 Å². The topological polar surface area (TPSA) is 21.3 Å². The lowest BCUT2D eigenvalue weighted by atomic mass is 10.1. The fourth-order valence-corrected chi connectivity index (χ4v) is 2.52. The van der Waals surface area contributed by atoms with Crippen molar-refractivity contribution in [2.24, 2.45) is 0 Å². The van der Waals surface area contributed by atoms with Crippen LogP contribution in [-0.2, 0) is 17.9 Å². The second-order valence-electron chi connectivity index (χ2n) is 4.83. The van der Waals surface area contributed by atoms with Gasteiger partial charge in [0.1, 0.15) is 0 Å². The van der Waals surface area contributed by atoms with E-state index in [4.69, 9.17) is 16.3 Å². The Bertz CT molecular complexity index is 556. The largest absolute Gasteiger partial charge is 0.380 e.